The van der Waals surface area contributed by atoms with Gasteiger partial charge < -0.3 is 20.5 Å². The average Bonchev–Trinajstić information content (AvgIpc) is 2.44. The van der Waals surface area contributed by atoms with Crippen LogP contribution >= 0.6 is 0 Å². The molecule has 0 aliphatic heterocycles. The van der Waals surface area contributed by atoms with Crippen LogP contribution in [-0.2, 0) is 4.79 Å². The molecule has 108 valence electrons. The van der Waals surface area contributed by atoms with E-state index in [4.69, 9.17) is 10.00 Å². The second kappa shape index (κ2) is 8.91. The fraction of sp³-hybridized carbons (Fsp3) is 0.429. The number of nitrogens with one attached hydrogen (secondary N) is 2. The Balaban J connectivity index is 2.17. The first-order valence-electron chi connectivity index (χ1n) is 6.38. The predicted molar refractivity (Wildman–Crippen MR) is 74.2 cm³/mol. The van der Waals surface area contributed by atoms with Gasteiger partial charge in [0, 0.05) is 26.6 Å². The molecule has 1 rings (SSSR count). The van der Waals surface area contributed by atoms with E-state index in [0.717, 1.165) is 0 Å². The summed E-state index contributed by atoms with van der Waals surface area (Å²) in [4.78, 5) is 10.6. The van der Waals surface area contributed by atoms with Crippen molar-refractivity contribution in [3.05, 3.63) is 29.8 Å². The van der Waals surface area contributed by atoms with Crippen molar-refractivity contribution >= 4 is 5.91 Å². The van der Waals surface area contributed by atoms with Crippen LogP contribution in [0.3, 0.4) is 0 Å². The van der Waals surface area contributed by atoms with Gasteiger partial charge in [-0.3, -0.25) is 4.79 Å². The lowest BCUT2D eigenvalue weighted by atomic mass is 10.2. The van der Waals surface area contributed by atoms with Crippen LogP contribution in [-0.4, -0.2) is 43.4 Å². The highest BCUT2D eigenvalue weighted by Crippen LogP contribution is 2.12. The third-order valence-corrected chi connectivity index (χ3v) is 2.46. The number of benzene rings is 1. The van der Waals surface area contributed by atoms with Crippen molar-refractivity contribution in [2.45, 2.75) is 13.0 Å². The first-order chi connectivity index (χ1) is 9.61. The summed E-state index contributed by atoms with van der Waals surface area (Å²) >= 11 is 0. The second-order valence-electron chi connectivity index (χ2n) is 4.29. The average molecular weight is 277 g/mol. The van der Waals surface area contributed by atoms with E-state index in [-0.39, 0.29) is 12.5 Å². The van der Waals surface area contributed by atoms with Crippen molar-refractivity contribution in [1.82, 2.24) is 10.6 Å². The molecule has 20 heavy (non-hydrogen) atoms. The molecule has 1 amide bonds. The SMILES string of the molecule is CC(=O)NCCNCC(O)COc1cccc(C#N)c1. The van der Waals surface area contributed by atoms with Crippen molar-refractivity contribution in [2.75, 3.05) is 26.2 Å². The Labute approximate surface area is 118 Å². The molecular formula is C14H19N3O3. The molecule has 1 aromatic carbocycles. The summed E-state index contributed by atoms with van der Waals surface area (Å²) < 4.78 is 5.39. The van der Waals surface area contributed by atoms with Crippen LogP contribution < -0.4 is 15.4 Å². The lowest BCUT2D eigenvalue weighted by Crippen LogP contribution is -2.36. The maximum Gasteiger partial charge on any atom is 0.216 e. The Morgan fingerprint density at radius 3 is 3.00 bits per heavy atom. The minimum Gasteiger partial charge on any atom is -0.491 e. The third kappa shape index (κ3) is 6.73. The van der Waals surface area contributed by atoms with Crippen LogP contribution in [0.25, 0.3) is 0 Å². The van der Waals surface area contributed by atoms with Gasteiger partial charge in [0.15, 0.2) is 0 Å². The molecule has 0 fully saturated rings. The smallest absolute Gasteiger partial charge is 0.216 e. The summed E-state index contributed by atoms with van der Waals surface area (Å²) in [5, 5.41) is 24.1. The zero-order chi connectivity index (χ0) is 14.8. The van der Waals surface area contributed by atoms with Crippen LogP contribution in [0.1, 0.15) is 12.5 Å². The number of aliphatic hydroxyl groups excluding tert-OH is 1. The molecule has 1 aromatic rings. The highest BCUT2D eigenvalue weighted by atomic mass is 16.5. The summed E-state index contributed by atoms with van der Waals surface area (Å²) in [6.07, 6.45) is -0.655. The van der Waals surface area contributed by atoms with Gasteiger partial charge in [0.25, 0.3) is 0 Å². The van der Waals surface area contributed by atoms with Gasteiger partial charge in [0.2, 0.25) is 5.91 Å². The largest absolute Gasteiger partial charge is 0.491 e. The lowest BCUT2D eigenvalue weighted by Gasteiger charge is -2.13. The van der Waals surface area contributed by atoms with Gasteiger partial charge in [0.05, 0.1) is 11.6 Å². The highest BCUT2D eigenvalue weighted by Gasteiger charge is 2.05. The molecule has 1 atom stereocenters. The first kappa shape index (κ1) is 16.0. The summed E-state index contributed by atoms with van der Waals surface area (Å²) in [6, 6.07) is 8.79. The Morgan fingerprint density at radius 2 is 2.30 bits per heavy atom. The van der Waals surface area contributed by atoms with Crippen molar-refractivity contribution in [3.8, 4) is 11.8 Å². The minimum atomic E-state index is -0.655. The van der Waals surface area contributed by atoms with Crippen LogP contribution in [0.5, 0.6) is 5.75 Å². The Morgan fingerprint density at radius 1 is 1.50 bits per heavy atom. The van der Waals surface area contributed by atoms with Crippen LogP contribution in [0.15, 0.2) is 24.3 Å². The van der Waals surface area contributed by atoms with Crippen LogP contribution in [0, 0.1) is 11.3 Å². The summed E-state index contributed by atoms with van der Waals surface area (Å²) in [5.41, 5.74) is 0.519. The van der Waals surface area contributed by atoms with Crippen molar-refractivity contribution in [2.24, 2.45) is 0 Å². The maximum atomic E-state index is 10.6. The number of nitriles is 1. The van der Waals surface area contributed by atoms with E-state index in [1.54, 1.807) is 24.3 Å². The van der Waals surface area contributed by atoms with Gasteiger partial charge in [-0.05, 0) is 18.2 Å². The number of aliphatic hydroxyl groups is 1. The summed E-state index contributed by atoms with van der Waals surface area (Å²) in [5.74, 6) is 0.481. The Kier molecular flexibility index (Phi) is 7.11. The Bertz CT molecular complexity index is 471. The van der Waals surface area contributed by atoms with E-state index >= 15 is 0 Å². The lowest BCUT2D eigenvalue weighted by molar-refractivity contribution is -0.118. The van der Waals surface area contributed by atoms with Crippen molar-refractivity contribution < 1.29 is 14.6 Å². The van der Waals surface area contributed by atoms with E-state index in [2.05, 4.69) is 10.6 Å². The molecule has 0 radical (unpaired) electrons. The topological polar surface area (TPSA) is 94.4 Å². The van der Waals surface area contributed by atoms with Crippen molar-refractivity contribution in [3.63, 3.8) is 0 Å². The molecule has 0 spiro atoms. The highest BCUT2D eigenvalue weighted by molar-refractivity contribution is 5.72. The molecule has 0 bridgehead atoms. The fourth-order valence-electron chi connectivity index (χ4n) is 1.50. The normalized spacial score (nSPS) is 11.4. The molecule has 0 aliphatic carbocycles. The predicted octanol–water partition coefficient (Wildman–Crippen LogP) is 0.0237. The van der Waals surface area contributed by atoms with E-state index in [9.17, 15) is 9.90 Å². The number of ether oxygens (including phenoxy) is 1. The number of rotatable bonds is 8. The van der Waals surface area contributed by atoms with Crippen LogP contribution in [0.2, 0.25) is 0 Å². The number of nitrogens with zero attached hydrogens (tertiary/aromatic N) is 1. The van der Waals surface area contributed by atoms with Gasteiger partial charge in [-0.25, -0.2) is 0 Å². The van der Waals surface area contributed by atoms with Crippen molar-refractivity contribution in [1.29, 1.82) is 5.26 Å². The number of amides is 1. The van der Waals surface area contributed by atoms with E-state index < -0.39 is 6.10 Å². The molecule has 0 heterocycles. The van der Waals surface area contributed by atoms with Gasteiger partial charge in [-0.15, -0.1) is 0 Å². The molecule has 0 aromatic heterocycles. The first-order valence-corrected chi connectivity index (χ1v) is 6.38. The number of hydrogen-bond acceptors (Lipinski definition) is 5. The zero-order valence-electron chi connectivity index (χ0n) is 11.4. The van der Waals surface area contributed by atoms with E-state index in [1.807, 2.05) is 6.07 Å². The fourth-order valence-corrected chi connectivity index (χ4v) is 1.50. The summed E-state index contributed by atoms with van der Waals surface area (Å²) in [7, 11) is 0. The third-order valence-electron chi connectivity index (χ3n) is 2.46. The molecule has 1 unspecified atom stereocenters. The molecule has 0 saturated carbocycles. The standard InChI is InChI=1S/C14H19N3O3/c1-11(18)17-6-5-16-9-13(19)10-20-14-4-2-3-12(7-14)8-15/h2-4,7,13,16,19H,5-6,9-10H2,1H3,(H,17,18). The molecule has 6 nitrogen and oxygen atoms in total. The van der Waals surface area contributed by atoms with E-state index in [1.165, 1.54) is 6.92 Å². The quantitative estimate of drug-likeness (QED) is 0.583. The maximum absolute atomic E-state index is 10.6. The number of hydrogen-bond donors (Lipinski definition) is 3. The van der Waals surface area contributed by atoms with Gasteiger partial charge in [-0.1, -0.05) is 6.07 Å². The van der Waals surface area contributed by atoms with Gasteiger partial charge in [0.1, 0.15) is 18.5 Å². The minimum absolute atomic E-state index is 0.0759. The Hall–Kier alpha value is -2.10. The molecular weight excluding hydrogens is 258 g/mol. The van der Waals surface area contributed by atoms with Gasteiger partial charge >= 0.3 is 0 Å². The molecule has 0 saturated heterocycles. The molecule has 6 heteroatoms. The summed E-state index contributed by atoms with van der Waals surface area (Å²) in [6.45, 7) is 3.07. The number of carbonyl (C=O) groups excluding carboxylic acids is 1. The van der Waals surface area contributed by atoms with Gasteiger partial charge in [-0.2, -0.15) is 5.26 Å². The number of carbonyl (C=O) groups is 1. The molecule has 3 N–H and O–H groups in total. The second-order valence-corrected chi connectivity index (χ2v) is 4.29. The monoisotopic (exact) mass is 277 g/mol. The van der Waals surface area contributed by atoms with E-state index in [0.29, 0.717) is 30.9 Å². The van der Waals surface area contributed by atoms with Crippen LogP contribution in [0.4, 0.5) is 0 Å². The zero-order valence-corrected chi connectivity index (χ0v) is 11.4. The molecule has 0 aliphatic rings.